The number of rotatable bonds is 4. The lowest BCUT2D eigenvalue weighted by atomic mass is 10.1. The van der Waals surface area contributed by atoms with Gasteiger partial charge in [-0.3, -0.25) is 4.79 Å². The first-order valence-corrected chi connectivity index (χ1v) is 6.40. The van der Waals surface area contributed by atoms with Crippen LogP contribution in [0.4, 0.5) is 13.2 Å². The Morgan fingerprint density at radius 1 is 1.41 bits per heavy atom. The lowest BCUT2D eigenvalue weighted by Crippen LogP contribution is -2.19. The number of aromatic carboxylic acids is 1. The van der Waals surface area contributed by atoms with Gasteiger partial charge in [-0.1, -0.05) is 6.07 Å². The number of halogens is 3. The van der Waals surface area contributed by atoms with Crippen molar-refractivity contribution < 1.29 is 27.8 Å². The summed E-state index contributed by atoms with van der Waals surface area (Å²) in [6.45, 7) is -3.12. The van der Waals surface area contributed by atoms with E-state index in [0.29, 0.717) is 0 Å². The third-order valence-corrected chi connectivity index (χ3v) is 3.50. The van der Waals surface area contributed by atoms with E-state index in [1.165, 1.54) is 22.8 Å². The van der Waals surface area contributed by atoms with E-state index in [9.17, 15) is 22.8 Å². The molecule has 2 aromatic rings. The lowest BCUT2D eigenvalue weighted by Gasteiger charge is -2.15. The van der Waals surface area contributed by atoms with Crippen molar-refractivity contribution in [3.8, 4) is 5.75 Å². The zero-order chi connectivity index (χ0) is 16.0. The first kappa shape index (κ1) is 14.4. The van der Waals surface area contributed by atoms with E-state index in [4.69, 9.17) is 5.11 Å². The van der Waals surface area contributed by atoms with Gasteiger partial charge in [0.1, 0.15) is 11.7 Å². The number of nitrogens with zero attached hydrogens (tertiary/aromatic N) is 1. The van der Waals surface area contributed by atoms with Gasteiger partial charge in [0.15, 0.2) is 5.75 Å². The van der Waals surface area contributed by atoms with Gasteiger partial charge in [-0.2, -0.15) is 8.78 Å². The average molecular weight is 313 g/mol. The third-order valence-electron chi connectivity index (χ3n) is 3.50. The highest BCUT2D eigenvalue weighted by molar-refractivity contribution is 5.94. The van der Waals surface area contributed by atoms with E-state index in [2.05, 4.69) is 4.74 Å². The fraction of sp³-hybridized carbons (Fsp3) is 0.286. The van der Waals surface area contributed by atoms with Crippen LogP contribution in [-0.2, 0) is 0 Å². The molecule has 1 saturated carbocycles. The number of hydrogen-bond donors (Lipinski definition) is 1. The van der Waals surface area contributed by atoms with Crippen LogP contribution < -0.4 is 10.2 Å². The molecule has 1 fully saturated rings. The minimum Gasteiger partial charge on any atom is -0.477 e. The van der Waals surface area contributed by atoms with Crippen molar-refractivity contribution in [2.75, 3.05) is 0 Å². The van der Waals surface area contributed by atoms with Gasteiger partial charge in [0, 0.05) is 12.6 Å². The fourth-order valence-electron chi connectivity index (χ4n) is 2.42. The highest BCUT2D eigenvalue weighted by Crippen LogP contribution is 2.42. The number of carbonyl (C=O) groups is 1. The Kier molecular flexibility index (Phi) is 3.31. The number of fused-ring (bicyclic) bond motifs is 1. The van der Waals surface area contributed by atoms with E-state index in [0.717, 1.165) is 6.20 Å². The zero-order valence-corrected chi connectivity index (χ0v) is 11.0. The second-order valence-electron chi connectivity index (χ2n) is 4.93. The van der Waals surface area contributed by atoms with Crippen LogP contribution in [0.5, 0.6) is 5.75 Å². The van der Waals surface area contributed by atoms with E-state index in [-0.39, 0.29) is 23.1 Å². The molecule has 0 aliphatic heterocycles. The number of alkyl halides is 3. The number of ether oxygens (including phenoxy) is 1. The molecule has 116 valence electrons. The molecule has 1 aliphatic carbocycles. The minimum atomic E-state index is -3.12. The second kappa shape index (κ2) is 5.04. The molecular weight excluding hydrogens is 303 g/mol. The highest BCUT2D eigenvalue weighted by atomic mass is 19.3. The topological polar surface area (TPSA) is 68.5 Å². The van der Waals surface area contributed by atoms with Crippen molar-refractivity contribution >= 4 is 16.9 Å². The molecule has 8 heteroatoms. The fourth-order valence-corrected chi connectivity index (χ4v) is 2.42. The maximum Gasteiger partial charge on any atom is 0.387 e. The number of para-hydroxylation sites is 1. The van der Waals surface area contributed by atoms with Gasteiger partial charge in [0.05, 0.1) is 16.9 Å². The average Bonchev–Trinajstić information content (AvgIpc) is 3.16. The molecule has 1 aromatic heterocycles. The summed E-state index contributed by atoms with van der Waals surface area (Å²) < 4.78 is 44.0. The normalized spacial score (nSPS) is 20.4. The maximum atomic E-state index is 13.4. The number of carboxylic acid groups (broad SMARTS) is 1. The highest BCUT2D eigenvalue weighted by Gasteiger charge is 2.40. The Hall–Kier alpha value is -2.51. The molecule has 0 radical (unpaired) electrons. The third kappa shape index (κ3) is 2.30. The van der Waals surface area contributed by atoms with Gasteiger partial charge < -0.3 is 14.4 Å². The SMILES string of the molecule is O=C(O)c1cn(C2C[C@@H]2F)c2c(OC(F)F)cccc2c1=O. The van der Waals surface area contributed by atoms with Crippen molar-refractivity contribution in [2.24, 2.45) is 0 Å². The van der Waals surface area contributed by atoms with Crippen molar-refractivity contribution in [1.29, 1.82) is 0 Å². The second-order valence-corrected chi connectivity index (χ2v) is 4.93. The summed E-state index contributed by atoms with van der Waals surface area (Å²) in [5.41, 5.74) is -1.39. The quantitative estimate of drug-likeness (QED) is 0.942. The molecule has 0 saturated heterocycles. The Morgan fingerprint density at radius 3 is 2.64 bits per heavy atom. The summed E-state index contributed by atoms with van der Waals surface area (Å²) in [6, 6.07) is 3.13. The maximum absolute atomic E-state index is 13.4. The van der Waals surface area contributed by atoms with Crippen molar-refractivity contribution in [3.63, 3.8) is 0 Å². The van der Waals surface area contributed by atoms with Gasteiger partial charge >= 0.3 is 12.6 Å². The van der Waals surface area contributed by atoms with Gasteiger partial charge in [0.2, 0.25) is 5.43 Å². The standard InChI is InChI=1S/C14H10F3NO4/c15-8-4-9(8)18-5-7(13(20)21)12(19)6-2-1-3-10(11(6)18)22-14(16)17/h1-3,5,8-9,14H,4H2,(H,20,21)/t8-,9?/m0/s1. The van der Waals surface area contributed by atoms with E-state index in [1.54, 1.807) is 0 Å². The number of benzene rings is 1. The predicted molar refractivity (Wildman–Crippen MR) is 70.3 cm³/mol. The van der Waals surface area contributed by atoms with Crippen molar-refractivity contribution in [1.82, 2.24) is 4.57 Å². The summed E-state index contributed by atoms with van der Waals surface area (Å²) in [5, 5.41) is 8.97. The van der Waals surface area contributed by atoms with Crippen LogP contribution in [0.3, 0.4) is 0 Å². The van der Waals surface area contributed by atoms with Gasteiger partial charge in [-0.15, -0.1) is 0 Å². The van der Waals surface area contributed by atoms with Crippen molar-refractivity contribution in [2.45, 2.75) is 25.2 Å². The Labute approximate surface area is 121 Å². The molecule has 2 atom stereocenters. The Balaban J connectivity index is 2.34. The molecule has 5 nitrogen and oxygen atoms in total. The number of pyridine rings is 1. The lowest BCUT2D eigenvalue weighted by molar-refractivity contribution is -0.0490. The Morgan fingerprint density at radius 2 is 2.09 bits per heavy atom. The molecule has 1 N–H and O–H groups in total. The van der Waals surface area contributed by atoms with Crippen LogP contribution in [0.1, 0.15) is 22.8 Å². The monoisotopic (exact) mass is 313 g/mol. The van der Waals surface area contributed by atoms with Gasteiger partial charge in [-0.05, 0) is 12.1 Å². The molecule has 22 heavy (non-hydrogen) atoms. The Bertz CT molecular complexity index is 818. The largest absolute Gasteiger partial charge is 0.477 e. The molecule has 0 spiro atoms. The van der Waals surface area contributed by atoms with Gasteiger partial charge in [-0.25, -0.2) is 9.18 Å². The molecule has 1 aliphatic rings. The molecular formula is C14H10F3NO4. The summed E-state index contributed by atoms with van der Waals surface area (Å²) in [5.74, 6) is -1.75. The smallest absolute Gasteiger partial charge is 0.387 e. The predicted octanol–water partition coefficient (Wildman–Crippen LogP) is 2.58. The molecule has 1 aromatic carbocycles. The van der Waals surface area contributed by atoms with Crippen LogP contribution in [0.2, 0.25) is 0 Å². The molecule has 0 amide bonds. The van der Waals surface area contributed by atoms with Crippen molar-refractivity contribution in [3.05, 3.63) is 40.2 Å². The van der Waals surface area contributed by atoms with E-state index >= 15 is 0 Å². The van der Waals surface area contributed by atoms with E-state index < -0.39 is 35.8 Å². The number of carboxylic acids is 1. The van der Waals surface area contributed by atoms with Crippen LogP contribution in [0.15, 0.2) is 29.2 Å². The summed E-state index contributed by atoms with van der Waals surface area (Å²) in [4.78, 5) is 23.3. The molecule has 3 rings (SSSR count). The number of hydrogen-bond acceptors (Lipinski definition) is 3. The molecule has 1 heterocycles. The first-order valence-electron chi connectivity index (χ1n) is 6.40. The number of aromatic nitrogens is 1. The molecule has 0 bridgehead atoms. The van der Waals surface area contributed by atoms with Crippen LogP contribution in [0.25, 0.3) is 10.9 Å². The zero-order valence-electron chi connectivity index (χ0n) is 11.0. The van der Waals surface area contributed by atoms with Crippen LogP contribution in [-0.4, -0.2) is 28.4 Å². The van der Waals surface area contributed by atoms with Crippen LogP contribution >= 0.6 is 0 Å². The summed E-state index contributed by atoms with van der Waals surface area (Å²) in [7, 11) is 0. The minimum absolute atomic E-state index is 0.0250. The first-order chi connectivity index (χ1) is 10.4. The molecule has 1 unspecified atom stereocenters. The van der Waals surface area contributed by atoms with E-state index in [1.807, 2.05) is 0 Å². The van der Waals surface area contributed by atoms with Gasteiger partial charge in [0.25, 0.3) is 0 Å². The van der Waals surface area contributed by atoms with Crippen LogP contribution in [0, 0.1) is 0 Å². The summed E-state index contributed by atoms with van der Waals surface area (Å²) >= 11 is 0. The summed E-state index contributed by atoms with van der Waals surface area (Å²) in [6.07, 6.45) is -0.109.